The number of esters is 1. The lowest BCUT2D eigenvalue weighted by Gasteiger charge is -2.42. The number of hydrogen-bond donors (Lipinski definition) is 1. The first-order valence-corrected chi connectivity index (χ1v) is 10.1. The van der Waals surface area contributed by atoms with Crippen molar-refractivity contribution in [1.82, 2.24) is 10.2 Å². The highest BCUT2D eigenvalue weighted by Crippen LogP contribution is 2.27. The Kier molecular flexibility index (Phi) is 9.06. The van der Waals surface area contributed by atoms with Crippen molar-refractivity contribution in [3.05, 3.63) is 30.3 Å². The predicted octanol–water partition coefficient (Wildman–Crippen LogP) is 3.45. The largest absolute Gasteiger partial charge is 0.469 e. The van der Waals surface area contributed by atoms with E-state index in [4.69, 9.17) is 4.74 Å². The van der Waals surface area contributed by atoms with Gasteiger partial charge in [-0.05, 0) is 63.2 Å². The Labute approximate surface area is 174 Å². The van der Waals surface area contributed by atoms with E-state index in [0.29, 0.717) is 25.3 Å². The number of amides is 2. The highest BCUT2D eigenvalue weighted by molar-refractivity contribution is 5.93. The summed E-state index contributed by atoms with van der Waals surface area (Å²) in [5.41, 5.74) is 0.945. The van der Waals surface area contributed by atoms with E-state index in [0.717, 1.165) is 38.2 Å². The number of piperidine rings is 1. The summed E-state index contributed by atoms with van der Waals surface area (Å²) in [6.45, 7) is 3.60. The number of para-hydroxylation sites is 1. The van der Waals surface area contributed by atoms with Crippen molar-refractivity contribution in [2.24, 2.45) is 5.92 Å². The molecular weight excluding hydrogens is 378 g/mol. The van der Waals surface area contributed by atoms with Crippen LogP contribution in [0, 0.1) is 5.92 Å². The van der Waals surface area contributed by atoms with Crippen molar-refractivity contribution >= 4 is 30.1 Å². The number of halogens is 1. The molecule has 0 aromatic heterocycles. The van der Waals surface area contributed by atoms with Crippen molar-refractivity contribution in [2.45, 2.75) is 44.6 Å². The van der Waals surface area contributed by atoms with Crippen molar-refractivity contribution in [2.75, 3.05) is 38.2 Å². The molecule has 0 radical (unpaired) electrons. The van der Waals surface area contributed by atoms with Crippen LogP contribution in [0.5, 0.6) is 0 Å². The Hall–Kier alpha value is -1.79. The van der Waals surface area contributed by atoms with Gasteiger partial charge in [0.1, 0.15) is 0 Å². The number of benzene rings is 1. The molecule has 0 saturated carbocycles. The number of hydrogen-bond acceptors (Lipinski definition) is 4. The van der Waals surface area contributed by atoms with Gasteiger partial charge < -0.3 is 15.0 Å². The van der Waals surface area contributed by atoms with E-state index in [2.05, 4.69) is 5.32 Å². The van der Waals surface area contributed by atoms with Crippen LogP contribution < -0.4 is 10.2 Å². The van der Waals surface area contributed by atoms with Crippen LogP contribution in [0.1, 0.15) is 38.5 Å². The van der Waals surface area contributed by atoms with E-state index < -0.39 is 0 Å². The minimum absolute atomic E-state index is 0. The van der Waals surface area contributed by atoms with Crippen molar-refractivity contribution in [1.29, 1.82) is 0 Å². The molecule has 3 rings (SSSR count). The first kappa shape index (κ1) is 22.5. The summed E-state index contributed by atoms with van der Waals surface area (Å²) < 4.78 is 4.79. The molecule has 2 saturated heterocycles. The summed E-state index contributed by atoms with van der Waals surface area (Å²) >= 11 is 0. The van der Waals surface area contributed by atoms with Gasteiger partial charge in [0.25, 0.3) is 0 Å². The highest BCUT2D eigenvalue weighted by Gasteiger charge is 2.34. The van der Waals surface area contributed by atoms with E-state index in [1.165, 1.54) is 20.0 Å². The van der Waals surface area contributed by atoms with Gasteiger partial charge in [-0.2, -0.15) is 0 Å². The van der Waals surface area contributed by atoms with Crippen LogP contribution in [-0.4, -0.2) is 56.2 Å². The molecule has 0 aliphatic carbocycles. The number of urea groups is 1. The fraction of sp³-hybridized carbons (Fsp3) is 0.619. The van der Waals surface area contributed by atoms with Crippen molar-refractivity contribution in [3.8, 4) is 0 Å². The van der Waals surface area contributed by atoms with Gasteiger partial charge in [-0.25, -0.2) is 4.79 Å². The Balaban J connectivity index is 0.00000280. The molecule has 2 aliphatic rings. The number of carbonyl (C=O) groups excluding carboxylic acids is 2. The first-order valence-electron chi connectivity index (χ1n) is 10.1. The SMILES string of the molecule is COC(=O)CCC1CCN(c2ccccc2)C(=O)N1CCC1CCNCC1.Cl. The molecule has 7 heteroatoms. The van der Waals surface area contributed by atoms with Gasteiger partial charge in [0.2, 0.25) is 0 Å². The molecule has 1 unspecified atom stereocenters. The lowest BCUT2D eigenvalue weighted by molar-refractivity contribution is -0.141. The molecule has 1 aromatic carbocycles. The quantitative estimate of drug-likeness (QED) is 0.700. The smallest absolute Gasteiger partial charge is 0.324 e. The maximum Gasteiger partial charge on any atom is 0.324 e. The number of carbonyl (C=O) groups is 2. The summed E-state index contributed by atoms with van der Waals surface area (Å²) in [4.78, 5) is 28.7. The molecule has 2 heterocycles. The van der Waals surface area contributed by atoms with E-state index in [1.54, 1.807) is 0 Å². The number of nitrogens with zero attached hydrogens (tertiary/aromatic N) is 2. The van der Waals surface area contributed by atoms with Gasteiger partial charge in [0.05, 0.1) is 7.11 Å². The van der Waals surface area contributed by atoms with Crippen LogP contribution in [0.4, 0.5) is 10.5 Å². The number of methoxy groups -OCH3 is 1. The molecular formula is C21H32ClN3O3. The van der Waals surface area contributed by atoms with Crippen LogP contribution in [0.2, 0.25) is 0 Å². The van der Waals surface area contributed by atoms with Crippen LogP contribution in [0.3, 0.4) is 0 Å². The predicted molar refractivity (Wildman–Crippen MR) is 113 cm³/mol. The maximum absolute atomic E-state index is 13.2. The summed E-state index contributed by atoms with van der Waals surface area (Å²) in [5, 5.41) is 3.40. The second-order valence-corrected chi connectivity index (χ2v) is 7.50. The standard InChI is InChI=1S/C21H31N3O3.ClH/c1-27-20(25)8-7-19-12-16-24(18-5-3-2-4-6-18)21(26)23(19)15-11-17-9-13-22-14-10-17;/h2-6,17,19,22H,7-16H2,1H3;1H. The zero-order valence-corrected chi connectivity index (χ0v) is 17.5. The highest BCUT2D eigenvalue weighted by atomic mass is 35.5. The number of rotatable bonds is 7. The zero-order valence-electron chi connectivity index (χ0n) is 16.6. The molecule has 1 aromatic rings. The lowest BCUT2D eigenvalue weighted by atomic mass is 9.93. The molecule has 0 bridgehead atoms. The van der Waals surface area contributed by atoms with Gasteiger partial charge in [0.15, 0.2) is 0 Å². The zero-order chi connectivity index (χ0) is 19.1. The Morgan fingerprint density at radius 2 is 1.86 bits per heavy atom. The monoisotopic (exact) mass is 409 g/mol. The number of nitrogens with one attached hydrogen (secondary N) is 1. The third-order valence-corrected chi connectivity index (χ3v) is 5.82. The van der Waals surface area contributed by atoms with Crippen LogP contribution >= 0.6 is 12.4 Å². The average molecular weight is 410 g/mol. The van der Waals surface area contributed by atoms with E-state index in [-0.39, 0.29) is 30.4 Å². The van der Waals surface area contributed by atoms with Gasteiger partial charge in [-0.15, -0.1) is 12.4 Å². The summed E-state index contributed by atoms with van der Waals surface area (Å²) in [6.07, 6.45) is 5.31. The molecule has 2 amide bonds. The molecule has 6 nitrogen and oxygen atoms in total. The van der Waals surface area contributed by atoms with Crippen LogP contribution in [0.25, 0.3) is 0 Å². The Morgan fingerprint density at radius 3 is 2.54 bits per heavy atom. The average Bonchev–Trinajstić information content (AvgIpc) is 2.72. The van der Waals surface area contributed by atoms with E-state index in [9.17, 15) is 9.59 Å². The second-order valence-electron chi connectivity index (χ2n) is 7.50. The number of anilines is 1. The summed E-state index contributed by atoms with van der Waals surface area (Å²) in [6, 6.07) is 10.0. The third-order valence-electron chi connectivity index (χ3n) is 5.82. The summed E-state index contributed by atoms with van der Waals surface area (Å²) in [7, 11) is 1.42. The molecule has 2 fully saturated rings. The van der Waals surface area contributed by atoms with Gasteiger partial charge in [-0.1, -0.05) is 18.2 Å². The molecule has 0 spiro atoms. The van der Waals surface area contributed by atoms with E-state index >= 15 is 0 Å². The minimum Gasteiger partial charge on any atom is -0.469 e. The van der Waals surface area contributed by atoms with Crippen molar-refractivity contribution in [3.63, 3.8) is 0 Å². The second kappa shape index (κ2) is 11.3. The van der Waals surface area contributed by atoms with Crippen LogP contribution in [0.15, 0.2) is 30.3 Å². The Bertz CT molecular complexity index is 623. The van der Waals surface area contributed by atoms with Gasteiger partial charge in [0, 0.05) is 31.2 Å². The summed E-state index contributed by atoms with van der Waals surface area (Å²) in [5.74, 6) is 0.471. The van der Waals surface area contributed by atoms with E-state index in [1.807, 2.05) is 40.1 Å². The first-order chi connectivity index (χ1) is 13.2. The normalized spacial score (nSPS) is 20.6. The van der Waals surface area contributed by atoms with Crippen LogP contribution in [-0.2, 0) is 9.53 Å². The topological polar surface area (TPSA) is 61.9 Å². The van der Waals surface area contributed by atoms with Crippen molar-refractivity contribution < 1.29 is 14.3 Å². The maximum atomic E-state index is 13.2. The third kappa shape index (κ3) is 5.85. The number of ether oxygens (including phenoxy) is 1. The van der Waals surface area contributed by atoms with Gasteiger partial charge >= 0.3 is 12.0 Å². The molecule has 2 aliphatic heterocycles. The molecule has 1 atom stereocenters. The fourth-order valence-electron chi connectivity index (χ4n) is 4.15. The Morgan fingerprint density at radius 1 is 1.14 bits per heavy atom. The fourth-order valence-corrected chi connectivity index (χ4v) is 4.15. The minimum atomic E-state index is -0.203. The molecule has 156 valence electrons. The molecule has 28 heavy (non-hydrogen) atoms. The molecule has 1 N–H and O–H groups in total. The van der Waals surface area contributed by atoms with Gasteiger partial charge in [-0.3, -0.25) is 9.69 Å². The lowest BCUT2D eigenvalue weighted by Crippen LogP contribution is -2.55.